The smallest absolute Gasteiger partial charge is 0.307 e. The average molecular weight is 518 g/mol. The second-order valence-corrected chi connectivity index (χ2v) is 9.82. The van der Waals surface area contributed by atoms with Gasteiger partial charge in [-0.25, -0.2) is 8.78 Å². The first kappa shape index (κ1) is 27.0. The molecule has 9 heteroatoms. The summed E-state index contributed by atoms with van der Waals surface area (Å²) in [6.45, 7) is 6.65. The van der Waals surface area contributed by atoms with E-state index in [1.165, 1.54) is 18.2 Å². The van der Waals surface area contributed by atoms with Gasteiger partial charge >= 0.3 is 5.97 Å². The molecule has 2 heterocycles. The number of halogens is 3. The standard InChI is InChI=1S/C28H34F3N3O3/c1-16(28(35)36)15-34-17(2)13-21-20-14-19(30)5-7-23(20)33-26(21)27(34)25-18(3)24(8-6-22(25)31)37-12-11-32-10-4-9-29/h5-8,14,16-17,27,32-33H,4,9-13,15H2,1-3H3,(H,35,36)/t16?,17-,27+/m1/s1. The lowest BCUT2D eigenvalue weighted by molar-refractivity contribution is -0.142. The van der Waals surface area contributed by atoms with E-state index in [1.54, 1.807) is 26.0 Å². The molecule has 0 amide bonds. The maximum Gasteiger partial charge on any atom is 0.307 e. The molecule has 0 aliphatic carbocycles. The lowest BCUT2D eigenvalue weighted by Gasteiger charge is -2.42. The van der Waals surface area contributed by atoms with Crippen LogP contribution in [0.5, 0.6) is 5.75 Å². The molecule has 1 aliphatic heterocycles. The molecular formula is C28H34F3N3O3. The molecule has 0 spiro atoms. The van der Waals surface area contributed by atoms with Crippen LogP contribution >= 0.6 is 0 Å². The Hall–Kier alpha value is -3.04. The zero-order valence-corrected chi connectivity index (χ0v) is 21.4. The number of fused-ring (bicyclic) bond motifs is 3. The SMILES string of the molecule is Cc1c(OCCNCCCF)ccc(F)c1[C@H]1c2[nH]c3ccc(F)cc3c2C[C@@H](C)N1CC(C)C(=O)O. The molecule has 200 valence electrons. The predicted molar refractivity (Wildman–Crippen MR) is 137 cm³/mol. The minimum absolute atomic E-state index is 0.121. The highest BCUT2D eigenvalue weighted by Crippen LogP contribution is 2.44. The van der Waals surface area contributed by atoms with E-state index in [-0.39, 0.29) is 25.1 Å². The number of hydrogen-bond acceptors (Lipinski definition) is 4. The molecule has 0 saturated carbocycles. The van der Waals surface area contributed by atoms with Crippen molar-refractivity contribution in [1.82, 2.24) is 15.2 Å². The van der Waals surface area contributed by atoms with Crippen LogP contribution in [0.3, 0.4) is 0 Å². The van der Waals surface area contributed by atoms with Gasteiger partial charge in [0.25, 0.3) is 0 Å². The van der Waals surface area contributed by atoms with Gasteiger partial charge in [-0.15, -0.1) is 0 Å². The molecule has 1 aromatic heterocycles. The Labute approximate surface area is 214 Å². The number of aromatic nitrogens is 1. The van der Waals surface area contributed by atoms with E-state index < -0.39 is 23.7 Å². The van der Waals surface area contributed by atoms with Gasteiger partial charge in [0.15, 0.2) is 0 Å². The van der Waals surface area contributed by atoms with Crippen molar-refractivity contribution in [2.75, 3.05) is 32.9 Å². The summed E-state index contributed by atoms with van der Waals surface area (Å²) in [4.78, 5) is 17.2. The summed E-state index contributed by atoms with van der Waals surface area (Å²) in [7, 11) is 0. The summed E-state index contributed by atoms with van der Waals surface area (Å²) in [6, 6.07) is 6.78. The highest BCUT2D eigenvalue weighted by Gasteiger charge is 2.39. The van der Waals surface area contributed by atoms with Gasteiger partial charge in [-0.3, -0.25) is 14.1 Å². The van der Waals surface area contributed by atoms with Crippen molar-refractivity contribution in [2.45, 2.75) is 45.7 Å². The van der Waals surface area contributed by atoms with Gasteiger partial charge in [0, 0.05) is 41.3 Å². The summed E-state index contributed by atoms with van der Waals surface area (Å²) in [5.41, 5.74) is 3.42. The number of H-pyrrole nitrogens is 1. The number of nitrogens with one attached hydrogen (secondary N) is 2. The van der Waals surface area contributed by atoms with Crippen molar-refractivity contribution in [3.8, 4) is 5.75 Å². The predicted octanol–water partition coefficient (Wildman–Crippen LogP) is 5.14. The van der Waals surface area contributed by atoms with Gasteiger partial charge in [-0.1, -0.05) is 6.92 Å². The van der Waals surface area contributed by atoms with Crippen LogP contribution < -0.4 is 10.1 Å². The lowest BCUT2D eigenvalue weighted by atomic mass is 9.85. The zero-order valence-electron chi connectivity index (χ0n) is 21.4. The minimum Gasteiger partial charge on any atom is -0.492 e. The molecular weight excluding hydrogens is 483 g/mol. The maximum atomic E-state index is 15.6. The molecule has 0 fully saturated rings. The summed E-state index contributed by atoms with van der Waals surface area (Å²) in [5.74, 6) is -1.85. The van der Waals surface area contributed by atoms with E-state index >= 15 is 4.39 Å². The molecule has 3 aromatic rings. The summed E-state index contributed by atoms with van der Waals surface area (Å²) in [5, 5.41) is 13.5. The first-order valence-corrected chi connectivity index (χ1v) is 12.7. The molecule has 6 nitrogen and oxygen atoms in total. The number of aliphatic carboxylic acids is 1. The topological polar surface area (TPSA) is 77.6 Å². The van der Waals surface area contributed by atoms with Gasteiger partial charge in [0.2, 0.25) is 0 Å². The van der Waals surface area contributed by atoms with E-state index in [4.69, 9.17) is 4.74 Å². The van der Waals surface area contributed by atoms with Crippen LogP contribution in [0.2, 0.25) is 0 Å². The Balaban J connectivity index is 1.77. The molecule has 0 radical (unpaired) electrons. The first-order chi connectivity index (χ1) is 17.7. The van der Waals surface area contributed by atoms with Crippen molar-refractivity contribution in [3.63, 3.8) is 0 Å². The second-order valence-electron chi connectivity index (χ2n) is 9.82. The average Bonchev–Trinajstić information content (AvgIpc) is 3.21. The minimum atomic E-state index is -0.926. The fourth-order valence-corrected chi connectivity index (χ4v) is 5.23. The normalized spacial score (nSPS) is 18.6. The van der Waals surface area contributed by atoms with Crippen LogP contribution in [0.1, 0.15) is 48.7 Å². The number of carboxylic acid groups (broad SMARTS) is 1. The highest BCUT2D eigenvalue weighted by atomic mass is 19.1. The Morgan fingerprint density at radius 1 is 1.27 bits per heavy atom. The number of aromatic amines is 1. The molecule has 3 atom stereocenters. The van der Waals surface area contributed by atoms with Crippen LogP contribution in [-0.4, -0.2) is 59.9 Å². The second kappa shape index (κ2) is 11.6. The van der Waals surface area contributed by atoms with Gasteiger partial charge in [-0.2, -0.15) is 0 Å². The third-order valence-corrected chi connectivity index (χ3v) is 7.19. The van der Waals surface area contributed by atoms with Gasteiger partial charge < -0.3 is 20.1 Å². The van der Waals surface area contributed by atoms with Gasteiger partial charge in [0.05, 0.1) is 18.6 Å². The van der Waals surface area contributed by atoms with E-state index in [2.05, 4.69) is 10.3 Å². The van der Waals surface area contributed by atoms with Crippen molar-refractivity contribution in [3.05, 3.63) is 64.4 Å². The van der Waals surface area contributed by atoms with E-state index in [0.29, 0.717) is 49.4 Å². The number of benzene rings is 2. The van der Waals surface area contributed by atoms with Crippen molar-refractivity contribution in [2.24, 2.45) is 5.92 Å². The molecule has 0 saturated heterocycles. The van der Waals surface area contributed by atoms with Crippen LogP contribution in [0, 0.1) is 24.5 Å². The molecule has 3 N–H and O–H groups in total. The Bertz CT molecular complexity index is 1260. The molecule has 0 bridgehead atoms. The summed E-state index contributed by atoms with van der Waals surface area (Å²) >= 11 is 0. The van der Waals surface area contributed by atoms with Crippen molar-refractivity contribution >= 4 is 16.9 Å². The Kier molecular flexibility index (Phi) is 8.44. The number of hydrogen-bond donors (Lipinski definition) is 3. The van der Waals surface area contributed by atoms with E-state index in [0.717, 1.165) is 22.2 Å². The van der Waals surface area contributed by atoms with E-state index in [9.17, 15) is 18.7 Å². The fraction of sp³-hybridized carbons (Fsp3) is 0.464. The summed E-state index contributed by atoms with van der Waals surface area (Å²) < 4.78 is 48.0. The Morgan fingerprint density at radius 2 is 2.05 bits per heavy atom. The van der Waals surface area contributed by atoms with Gasteiger partial charge in [0.1, 0.15) is 24.0 Å². The lowest BCUT2D eigenvalue weighted by Crippen LogP contribution is -2.46. The maximum absolute atomic E-state index is 15.6. The van der Waals surface area contributed by atoms with Crippen LogP contribution in [0.15, 0.2) is 30.3 Å². The van der Waals surface area contributed by atoms with Gasteiger partial charge in [-0.05, 0) is 74.7 Å². The van der Waals surface area contributed by atoms with Crippen LogP contribution in [0.4, 0.5) is 13.2 Å². The molecule has 37 heavy (non-hydrogen) atoms. The third-order valence-electron chi connectivity index (χ3n) is 7.19. The number of carboxylic acids is 1. The zero-order chi connectivity index (χ0) is 26.7. The summed E-state index contributed by atoms with van der Waals surface area (Å²) in [6.07, 6.45) is 1.00. The number of alkyl halides is 1. The largest absolute Gasteiger partial charge is 0.492 e. The Morgan fingerprint density at radius 3 is 2.78 bits per heavy atom. The first-order valence-electron chi connectivity index (χ1n) is 12.7. The molecule has 1 unspecified atom stereocenters. The fourth-order valence-electron chi connectivity index (χ4n) is 5.23. The molecule has 1 aliphatic rings. The number of rotatable bonds is 11. The van der Waals surface area contributed by atoms with Crippen LogP contribution in [0.25, 0.3) is 10.9 Å². The van der Waals surface area contributed by atoms with Crippen LogP contribution in [-0.2, 0) is 11.2 Å². The molecule has 2 aromatic carbocycles. The van der Waals surface area contributed by atoms with Crippen molar-refractivity contribution < 1.29 is 27.8 Å². The molecule has 4 rings (SSSR count). The van der Waals surface area contributed by atoms with E-state index in [1.807, 2.05) is 11.8 Å². The van der Waals surface area contributed by atoms with Crippen molar-refractivity contribution in [1.29, 1.82) is 0 Å². The number of carbonyl (C=O) groups is 1. The monoisotopic (exact) mass is 517 g/mol. The highest BCUT2D eigenvalue weighted by molar-refractivity contribution is 5.85. The third kappa shape index (κ3) is 5.62. The number of nitrogens with zero attached hydrogens (tertiary/aromatic N) is 1. The number of ether oxygens (including phenoxy) is 1. The quantitative estimate of drug-likeness (QED) is 0.307.